The van der Waals surface area contributed by atoms with Crippen molar-refractivity contribution >= 4 is 17.1 Å². The van der Waals surface area contributed by atoms with E-state index < -0.39 is 17.3 Å². The maximum Gasteiger partial charge on any atom is 0.417 e. The molecule has 4 N–H and O–H groups in total. The largest absolute Gasteiger partial charge is 0.480 e. The fourth-order valence-electron chi connectivity index (χ4n) is 1.60. The molecule has 0 unspecified atom stereocenters. The Balaban J connectivity index is 2.37. The van der Waals surface area contributed by atoms with E-state index in [-0.39, 0.29) is 6.42 Å². The molecule has 1 atom stereocenters. The Hall–Kier alpha value is -2.08. The number of H-pyrrole nitrogens is 1. The van der Waals surface area contributed by atoms with Crippen LogP contribution in [0.1, 0.15) is 12.5 Å². The molecular formula is C11H12N2O4. The molecule has 90 valence electrons. The number of benzene rings is 1. The van der Waals surface area contributed by atoms with Crippen molar-refractivity contribution in [3.05, 3.63) is 34.3 Å². The van der Waals surface area contributed by atoms with Crippen LogP contribution in [0.25, 0.3) is 11.1 Å². The Bertz CT molecular complexity index is 624. The van der Waals surface area contributed by atoms with Gasteiger partial charge < -0.3 is 15.3 Å². The molecule has 6 heteroatoms. The maximum absolute atomic E-state index is 11.0. The van der Waals surface area contributed by atoms with E-state index in [1.54, 1.807) is 18.2 Å². The minimum absolute atomic E-state index is 0.160. The number of nitrogens with two attached hydrogens (primary N) is 1. The molecule has 2 aromatic rings. The van der Waals surface area contributed by atoms with Gasteiger partial charge in [-0.25, -0.2) is 4.79 Å². The summed E-state index contributed by atoms with van der Waals surface area (Å²) in [6.07, 6.45) is 0.160. The number of oxazole rings is 1. The highest BCUT2D eigenvalue weighted by Crippen LogP contribution is 2.16. The van der Waals surface area contributed by atoms with E-state index in [1.807, 2.05) is 0 Å². The lowest BCUT2D eigenvalue weighted by Gasteiger charge is -2.18. The Kier molecular flexibility index (Phi) is 2.51. The zero-order valence-corrected chi connectivity index (χ0v) is 9.19. The first-order chi connectivity index (χ1) is 7.88. The first-order valence-electron chi connectivity index (χ1n) is 5.02. The van der Waals surface area contributed by atoms with E-state index >= 15 is 0 Å². The van der Waals surface area contributed by atoms with Crippen LogP contribution in [0.5, 0.6) is 0 Å². The summed E-state index contributed by atoms with van der Waals surface area (Å²) in [7, 11) is 0. The van der Waals surface area contributed by atoms with E-state index in [9.17, 15) is 9.59 Å². The highest BCUT2D eigenvalue weighted by molar-refractivity contribution is 5.79. The van der Waals surface area contributed by atoms with Crippen molar-refractivity contribution in [1.29, 1.82) is 0 Å². The predicted molar refractivity (Wildman–Crippen MR) is 60.8 cm³/mol. The molecule has 2 rings (SSSR count). The fourth-order valence-corrected chi connectivity index (χ4v) is 1.60. The van der Waals surface area contributed by atoms with Gasteiger partial charge in [-0.1, -0.05) is 6.07 Å². The number of aromatic amines is 1. The van der Waals surface area contributed by atoms with Crippen molar-refractivity contribution in [2.24, 2.45) is 5.73 Å². The van der Waals surface area contributed by atoms with Gasteiger partial charge in [-0.3, -0.25) is 9.78 Å². The molecule has 0 fully saturated rings. The molecule has 1 aromatic carbocycles. The van der Waals surface area contributed by atoms with Crippen molar-refractivity contribution in [2.75, 3.05) is 0 Å². The van der Waals surface area contributed by atoms with Gasteiger partial charge in [0, 0.05) is 6.42 Å². The van der Waals surface area contributed by atoms with Crippen molar-refractivity contribution in [1.82, 2.24) is 4.98 Å². The number of rotatable bonds is 3. The summed E-state index contributed by atoms with van der Waals surface area (Å²) in [5.41, 5.74) is 5.97. The number of carboxylic acids is 1. The smallest absolute Gasteiger partial charge is 0.417 e. The lowest BCUT2D eigenvalue weighted by atomic mass is 9.94. The normalized spacial score (nSPS) is 14.7. The third-order valence-corrected chi connectivity index (χ3v) is 2.55. The third-order valence-electron chi connectivity index (χ3n) is 2.55. The van der Waals surface area contributed by atoms with Gasteiger partial charge in [-0.15, -0.1) is 0 Å². The van der Waals surface area contributed by atoms with Crippen molar-refractivity contribution in [3.63, 3.8) is 0 Å². The summed E-state index contributed by atoms with van der Waals surface area (Å²) in [5, 5.41) is 8.92. The SMILES string of the molecule is C[C@](N)(Cc1ccc2[nH]c(=O)oc2c1)C(=O)O. The molecule has 0 radical (unpaired) electrons. The number of carbonyl (C=O) groups is 1. The van der Waals surface area contributed by atoms with Gasteiger partial charge >= 0.3 is 11.7 Å². The monoisotopic (exact) mass is 236 g/mol. The molecule has 17 heavy (non-hydrogen) atoms. The summed E-state index contributed by atoms with van der Waals surface area (Å²) in [4.78, 5) is 24.3. The lowest BCUT2D eigenvalue weighted by molar-refractivity contribution is -0.142. The molecule has 1 heterocycles. The molecule has 0 amide bonds. The molecule has 0 bridgehead atoms. The summed E-state index contributed by atoms with van der Waals surface area (Å²) in [6.45, 7) is 1.44. The molecular weight excluding hydrogens is 224 g/mol. The second-order valence-corrected chi connectivity index (χ2v) is 4.24. The number of aliphatic carboxylic acids is 1. The molecule has 0 saturated carbocycles. The van der Waals surface area contributed by atoms with Gasteiger partial charge in [0.1, 0.15) is 5.54 Å². The predicted octanol–water partition coefficient (Wildman–Crippen LogP) is 0.466. The zero-order valence-electron chi connectivity index (χ0n) is 9.19. The topological polar surface area (TPSA) is 109 Å². The average Bonchev–Trinajstić information content (AvgIpc) is 2.56. The number of hydrogen-bond acceptors (Lipinski definition) is 4. The second kappa shape index (κ2) is 3.74. The Morgan fingerprint density at radius 3 is 2.94 bits per heavy atom. The van der Waals surface area contributed by atoms with Gasteiger partial charge in [0.15, 0.2) is 5.58 Å². The van der Waals surface area contributed by atoms with Crippen molar-refractivity contribution < 1.29 is 14.3 Å². The summed E-state index contributed by atoms with van der Waals surface area (Å²) >= 11 is 0. The van der Waals surface area contributed by atoms with E-state index in [0.717, 1.165) is 0 Å². The van der Waals surface area contributed by atoms with Crippen LogP contribution in [0.15, 0.2) is 27.4 Å². The minimum Gasteiger partial charge on any atom is -0.480 e. The number of hydrogen-bond donors (Lipinski definition) is 3. The molecule has 0 aliphatic heterocycles. The van der Waals surface area contributed by atoms with Crippen LogP contribution in [0, 0.1) is 0 Å². The highest BCUT2D eigenvalue weighted by atomic mass is 16.4. The van der Waals surface area contributed by atoms with Gasteiger partial charge in [0.05, 0.1) is 5.52 Å². The zero-order chi connectivity index (χ0) is 12.6. The number of aromatic nitrogens is 1. The van der Waals surface area contributed by atoms with E-state index in [1.165, 1.54) is 6.92 Å². The maximum atomic E-state index is 11.0. The fraction of sp³-hybridized carbons (Fsp3) is 0.273. The molecule has 6 nitrogen and oxygen atoms in total. The second-order valence-electron chi connectivity index (χ2n) is 4.24. The minimum atomic E-state index is -1.34. The average molecular weight is 236 g/mol. The third kappa shape index (κ3) is 2.21. The van der Waals surface area contributed by atoms with Crippen LogP contribution in [0.3, 0.4) is 0 Å². The van der Waals surface area contributed by atoms with Crippen molar-refractivity contribution in [2.45, 2.75) is 18.9 Å². The van der Waals surface area contributed by atoms with E-state index in [4.69, 9.17) is 15.3 Å². The first kappa shape index (κ1) is 11.4. The molecule has 0 aliphatic carbocycles. The number of carboxylic acid groups (broad SMARTS) is 1. The van der Waals surface area contributed by atoms with Gasteiger partial charge in [0.25, 0.3) is 0 Å². The molecule has 0 aliphatic rings. The van der Waals surface area contributed by atoms with Gasteiger partial charge in [0.2, 0.25) is 0 Å². The van der Waals surface area contributed by atoms with Crippen LogP contribution in [0.4, 0.5) is 0 Å². The van der Waals surface area contributed by atoms with Crippen LogP contribution in [-0.2, 0) is 11.2 Å². The number of fused-ring (bicyclic) bond motifs is 1. The van der Waals surface area contributed by atoms with Crippen LogP contribution < -0.4 is 11.5 Å². The molecule has 0 saturated heterocycles. The van der Waals surface area contributed by atoms with Crippen LogP contribution >= 0.6 is 0 Å². The summed E-state index contributed by atoms with van der Waals surface area (Å²) < 4.78 is 4.88. The van der Waals surface area contributed by atoms with Crippen LogP contribution in [-0.4, -0.2) is 21.6 Å². The Morgan fingerprint density at radius 2 is 2.29 bits per heavy atom. The number of nitrogens with one attached hydrogen (secondary N) is 1. The van der Waals surface area contributed by atoms with Gasteiger partial charge in [-0.05, 0) is 24.6 Å². The van der Waals surface area contributed by atoms with Gasteiger partial charge in [-0.2, -0.15) is 0 Å². The molecule has 0 spiro atoms. The molecule has 1 aromatic heterocycles. The standard InChI is InChI=1S/C11H12N2O4/c1-11(12,9(14)15)5-6-2-3-7-8(4-6)17-10(16)13-7/h2-4H,5,12H2,1H3,(H,13,16)(H,14,15)/t11-/m0/s1. The van der Waals surface area contributed by atoms with Crippen molar-refractivity contribution in [3.8, 4) is 0 Å². The van der Waals surface area contributed by atoms with E-state index in [0.29, 0.717) is 16.7 Å². The van der Waals surface area contributed by atoms with E-state index in [2.05, 4.69) is 4.98 Å². The summed E-state index contributed by atoms with van der Waals surface area (Å²) in [5.74, 6) is -1.61. The highest BCUT2D eigenvalue weighted by Gasteiger charge is 2.28. The van der Waals surface area contributed by atoms with Crippen LogP contribution in [0.2, 0.25) is 0 Å². The lowest BCUT2D eigenvalue weighted by Crippen LogP contribution is -2.46. The first-order valence-corrected chi connectivity index (χ1v) is 5.02. The Labute approximate surface area is 96.0 Å². The quantitative estimate of drug-likeness (QED) is 0.717. The Morgan fingerprint density at radius 1 is 1.59 bits per heavy atom. The summed E-state index contributed by atoms with van der Waals surface area (Å²) in [6, 6.07) is 4.98.